The molecule has 1 aliphatic carbocycles. The second-order valence-corrected chi connectivity index (χ2v) is 5.28. The molecule has 88 valence electrons. The lowest BCUT2D eigenvalue weighted by atomic mass is 9.83. The maximum atomic E-state index is 11.0. The van der Waals surface area contributed by atoms with Crippen LogP contribution in [0.3, 0.4) is 0 Å². The molecule has 0 atom stereocenters. The summed E-state index contributed by atoms with van der Waals surface area (Å²) in [5.74, 6) is 1.59. The third-order valence-electron chi connectivity index (χ3n) is 3.49. The maximum absolute atomic E-state index is 11.0. The van der Waals surface area contributed by atoms with Gasteiger partial charge in [-0.25, -0.2) is 0 Å². The molecule has 0 amide bonds. The number of nitrogens with zero attached hydrogens (tertiary/aromatic N) is 1. The van der Waals surface area contributed by atoms with E-state index in [-0.39, 0.29) is 5.56 Å². The van der Waals surface area contributed by atoms with Gasteiger partial charge < -0.3 is 4.57 Å². The van der Waals surface area contributed by atoms with Gasteiger partial charge in [-0.2, -0.15) is 0 Å². The minimum Gasteiger partial charge on any atom is -0.325 e. The molecule has 4 heteroatoms. The molecular weight excluding hydrogens is 220 g/mol. The first-order valence-electron chi connectivity index (χ1n) is 5.95. The molecule has 1 aliphatic rings. The Morgan fingerprint density at radius 3 is 2.75 bits per heavy atom. The van der Waals surface area contributed by atoms with E-state index >= 15 is 0 Å². The predicted octanol–water partition coefficient (Wildman–Crippen LogP) is 2.73. The van der Waals surface area contributed by atoms with E-state index in [4.69, 9.17) is 12.2 Å². The first-order valence-corrected chi connectivity index (χ1v) is 6.36. The second kappa shape index (κ2) is 4.95. The van der Waals surface area contributed by atoms with E-state index in [1.54, 1.807) is 12.3 Å². The van der Waals surface area contributed by atoms with Crippen molar-refractivity contribution in [2.75, 3.05) is 0 Å². The van der Waals surface area contributed by atoms with Crippen molar-refractivity contribution in [3.63, 3.8) is 0 Å². The van der Waals surface area contributed by atoms with Crippen molar-refractivity contribution in [1.29, 1.82) is 0 Å². The lowest BCUT2D eigenvalue weighted by molar-refractivity contribution is 0.263. The molecular formula is C12H18N2OS. The first kappa shape index (κ1) is 11.6. The summed E-state index contributed by atoms with van der Waals surface area (Å²) >= 11 is 5.14. The Labute approximate surface area is 101 Å². The van der Waals surface area contributed by atoms with E-state index in [1.807, 2.05) is 4.57 Å². The van der Waals surface area contributed by atoms with Crippen molar-refractivity contribution >= 4 is 12.2 Å². The molecule has 16 heavy (non-hydrogen) atoms. The molecule has 2 rings (SSSR count). The van der Waals surface area contributed by atoms with Gasteiger partial charge in [0.15, 0.2) is 4.77 Å². The van der Waals surface area contributed by atoms with E-state index in [0.29, 0.717) is 10.7 Å². The van der Waals surface area contributed by atoms with Crippen molar-refractivity contribution < 1.29 is 0 Å². The van der Waals surface area contributed by atoms with E-state index in [9.17, 15) is 4.79 Å². The van der Waals surface area contributed by atoms with E-state index < -0.39 is 0 Å². The molecule has 3 nitrogen and oxygen atoms in total. The van der Waals surface area contributed by atoms with Gasteiger partial charge >= 0.3 is 0 Å². The summed E-state index contributed by atoms with van der Waals surface area (Å²) in [6.07, 6.45) is 7.01. The summed E-state index contributed by atoms with van der Waals surface area (Å²) in [5.41, 5.74) is -0.112. The van der Waals surface area contributed by atoms with Crippen LogP contribution in [0.4, 0.5) is 0 Å². The Bertz CT molecular complexity index is 455. The summed E-state index contributed by atoms with van der Waals surface area (Å²) in [7, 11) is 0. The average Bonchev–Trinajstić information content (AvgIpc) is 2.25. The maximum Gasteiger partial charge on any atom is 0.251 e. The average molecular weight is 238 g/mol. The zero-order valence-corrected chi connectivity index (χ0v) is 10.4. The van der Waals surface area contributed by atoms with E-state index in [2.05, 4.69) is 11.9 Å². The fourth-order valence-corrected chi connectivity index (χ4v) is 2.61. The summed E-state index contributed by atoms with van der Waals surface area (Å²) < 4.78 is 2.53. The summed E-state index contributed by atoms with van der Waals surface area (Å²) in [6, 6.07) is 1.54. The van der Waals surface area contributed by atoms with E-state index in [0.717, 1.165) is 12.5 Å². The zero-order chi connectivity index (χ0) is 11.5. The van der Waals surface area contributed by atoms with Crippen LogP contribution in [0.5, 0.6) is 0 Å². The Kier molecular flexibility index (Phi) is 3.59. The van der Waals surface area contributed by atoms with E-state index in [1.165, 1.54) is 25.7 Å². The standard InChI is InChI=1S/C12H18N2OS/c1-9-2-4-10(5-3-9)8-14-7-6-11(15)13-12(14)16/h6-7,9-10H,2-5,8H2,1H3,(H,13,15,16). The number of H-pyrrole nitrogens is 1. The van der Waals surface area contributed by atoms with Gasteiger partial charge in [0.25, 0.3) is 5.56 Å². The highest BCUT2D eigenvalue weighted by molar-refractivity contribution is 7.71. The number of hydrogen-bond donors (Lipinski definition) is 1. The summed E-state index contributed by atoms with van der Waals surface area (Å²) in [6.45, 7) is 3.27. The topological polar surface area (TPSA) is 37.8 Å². The van der Waals surface area contributed by atoms with Crippen molar-refractivity contribution in [3.8, 4) is 0 Å². The van der Waals surface area contributed by atoms with Gasteiger partial charge in [-0.15, -0.1) is 0 Å². The van der Waals surface area contributed by atoms with Gasteiger partial charge in [-0.05, 0) is 36.9 Å². The second-order valence-electron chi connectivity index (χ2n) is 4.89. The Morgan fingerprint density at radius 2 is 2.12 bits per heavy atom. The quantitative estimate of drug-likeness (QED) is 0.804. The van der Waals surface area contributed by atoms with Gasteiger partial charge in [0.1, 0.15) is 0 Å². The van der Waals surface area contributed by atoms with Gasteiger partial charge in [0.2, 0.25) is 0 Å². The summed E-state index contributed by atoms with van der Waals surface area (Å²) in [5, 5.41) is 0. The minimum absolute atomic E-state index is 0.112. The molecule has 0 spiro atoms. The summed E-state index contributed by atoms with van der Waals surface area (Å²) in [4.78, 5) is 13.7. The number of rotatable bonds is 2. The lowest BCUT2D eigenvalue weighted by Gasteiger charge is -2.26. The third kappa shape index (κ3) is 2.82. The van der Waals surface area contributed by atoms with Crippen LogP contribution in [0.25, 0.3) is 0 Å². The fraction of sp³-hybridized carbons (Fsp3) is 0.667. The van der Waals surface area contributed by atoms with Crippen LogP contribution >= 0.6 is 12.2 Å². The van der Waals surface area contributed by atoms with Crippen molar-refractivity contribution in [2.24, 2.45) is 11.8 Å². The minimum atomic E-state index is -0.112. The number of aromatic amines is 1. The molecule has 1 aromatic heterocycles. The van der Waals surface area contributed by atoms with Crippen LogP contribution in [-0.2, 0) is 6.54 Å². The van der Waals surface area contributed by atoms with Crippen LogP contribution in [0.2, 0.25) is 0 Å². The molecule has 0 radical (unpaired) electrons. The normalized spacial score (nSPS) is 25.6. The zero-order valence-electron chi connectivity index (χ0n) is 9.61. The molecule has 0 aromatic carbocycles. The van der Waals surface area contributed by atoms with Crippen LogP contribution in [0.15, 0.2) is 17.1 Å². The molecule has 1 heterocycles. The fourth-order valence-electron chi connectivity index (χ4n) is 2.38. The van der Waals surface area contributed by atoms with Crippen LogP contribution in [0, 0.1) is 16.6 Å². The van der Waals surface area contributed by atoms with Gasteiger partial charge in [-0.3, -0.25) is 9.78 Å². The highest BCUT2D eigenvalue weighted by Crippen LogP contribution is 2.29. The highest BCUT2D eigenvalue weighted by Gasteiger charge is 2.18. The highest BCUT2D eigenvalue weighted by atomic mass is 32.1. The Morgan fingerprint density at radius 1 is 1.44 bits per heavy atom. The van der Waals surface area contributed by atoms with Crippen molar-refractivity contribution in [2.45, 2.75) is 39.2 Å². The molecule has 0 unspecified atom stereocenters. The third-order valence-corrected chi connectivity index (χ3v) is 3.82. The molecule has 1 aromatic rings. The van der Waals surface area contributed by atoms with Crippen LogP contribution in [0.1, 0.15) is 32.6 Å². The SMILES string of the molecule is CC1CCC(Cn2ccc(=O)[nH]c2=S)CC1. The molecule has 0 saturated heterocycles. The Hall–Kier alpha value is -0.900. The molecule has 0 bridgehead atoms. The van der Waals surface area contributed by atoms with Crippen LogP contribution in [-0.4, -0.2) is 9.55 Å². The number of nitrogens with one attached hydrogen (secondary N) is 1. The van der Waals surface area contributed by atoms with Gasteiger partial charge in [-0.1, -0.05) is 19.8 Å². The van der Waals surface area contributed by atoms with Gasteiger partial charge in [0.05, 0.1) is 0 Å². The van der Waals surface area contributed by atoms with Crippen molar-refractivity contribution in [1.82, 2.24) is 9.55 Å². The number of hydrogen-bond acceptors (Lipinski definition) is 2. The Balaban J connectivity index is 2.04. The molecule has 1 N–H and O–H groups in total. The molecule has 1 fully saturated rings. The smallest absolute Gasteiger partial charge is 0.251 e. The molecule has 0 aliphatic heterocycles. The number of aromatic nitrogens is 2. The predicted molar refractivity (Wildman–Crippen MR) is 67.0 cm³/mol. The van der Waals surface area contributed by atoms with Crippen molar-refractivity contribution in [3.05, 3.63) is 27.4 Å². The lowest BCUT2D eigenvalue weighted by Crippen LogP contribution is -2.20. The van der Waals surface area contributed by atoms with Crippen LogP contribution < -0.4 is 5.56 Å². The van der Waals surface area contributed by atoms with Gasteiger partial charge in [0, 0.05) is 18.8 Å². The molecule has 1 saturated carbocycles. The largest absolute Gasteiger partial charge is 0.325 e. The first-order chi connectivity index (χ1) is 7.65. The monoisotopic (exact) mass is 238 g/mol.